The molecule has 1 aliphatic heterocycles. The quantitative estimate of drug-likeness (QED) is 0.646. The van der Waals surface area contributed by atoms with Crippen LogP contribution in [-0.4, -0.2) is 35.3 Å². The van der Waals surface area contributed by atoms with Gasteiger partial charge in [-0.25, -0.2) is 9.78 Å². The van der Waals surface area contributed by atoms with Gasteiger partial charge in [0.25, 0.3) is 5.56 Å². The summed E-state index contributed by atoms with van der Waals surface area (Å²) in [5, 5.41) is 0.513. The molecule has 0 bridgehead atoms. The molecule has 2 aromatic carbocycles. The van der Waals surface area contributed by atoms with Crippen molar-refractivity contribution in [3.05, 3.63) is 69.8 Å². The zero-order valence-corrected chi connectivity index (χ0v) is 16.1. The van der Waals surface area contributed by atoms with Gasteiger partial charge in [-0.15, -0.1) is 0 Å². The largest absolute Gasteiger partial charge is 0.491 e. The lowest BCUT2D eigenvalue weighted by Crippen LogP contribution is -2.16. The molecular weight excluding hydrogens is 372 g/mol. The van der Waals surface area contributed by atoms with Gasteiger partial charge >= 0.3 is 5.97 Å². The Balaban J connectivity index is 1.37. The molecule has 1 N–H and O–H groups in total. The van der Waals surface area contributed by atoms with Gasteiger partial charge in [0.1, 0.15) is 24.8 Å². The lowest BCUT2D eigenvalue weighted by molar-refractivity contribution is 0.0462. The van der Waals surface area contributed by atoms with Crippen molar-refractivity contribution in [1.82, 2.24) is 9.97 Å². The van der Waals surface area contributed by atoms with Gasteiger partial charge in [0.2, 0.25) is 0 Å². The van der Waals surface area contributed by atoms with Crippen LogP contribution in [-0.2, 0) is 16.1 Å². The topological polar surface area (TPSA) is 90.5 Å². The van der Waals surface area contributed by atoms with Gasteiger partial charge in [-0.05, 0) is 55.7 Å². The van der Waals surface area contributed by atoms with E-state index in [2.05, 4.69) is 9.97 Å². The van der Waals surface area contributed by atoms with Crippen molar-refractivity contribution in [2.24, 2.45) is 0 Å². The predicted octanol–water partition coefficient (Wildman–Crippen LogP) is 3.15. The third kappa shape index (κ3) is 4.46. The molecule has 1 fully saturated rings. The van der Waals surface area contributed by atoms with E-state index in [0.29, 0.717) is 34.6 Å². The second-order valence-corrected chi connectivity index (χ2v) is 7.03. The van der Waals surface area contributed by atoms with Crippen molar-refractivity contribution >= 4 is 16.9 Å². The van der Waals surface area contributed by atoms with Crippen LogP contribution in [0.2, 0.25) is 0 Å². The first-order valence-electron chi connectivity index (χ1n) is 9.60. The summed E-state index contributed by atoms with van der Waals surface area (Å²) in [7, 11) is 0. The first kappa shape index (κ1) is 19.1. The Bertz CT molecular complexity index is 1070. The Morgan fingerprint density at radius 2 is 2.07 bits per heavy atom. The first-order valence-corrected chi connectivity index (χ1v) is 9.60. The van der Waals surface area contributed by atoms with Gasteiger partial charge in [-0.3, -0.25) is 4.79 Å². The highest BCUT2D eigenvalue weighted by molar-refractivity contribution is 5.89. The Kier molecular flexibility index (Phi) is 5.57. The number of aromatic nitrogens is 2. The second kappa shape index (κ2) is 8.45. The molecule has 4 rings (SSSR count). The van der Waals surface area contributed by atoms with Gasteiger partial charge in [-0.2, -0.15) is 0 Å². The highest BCUT2D eigenvalue weighted by Gasteiger charge is 2.16. The van der Waals surface area contributed by atoms with Crippen LogP contribution in [0.5, 0.6) is 5.75 Å². The number of hydrogen-bond acceptors (Lipinski definition) is 6. The van der Waals surface area contributed by atoms with Crippen LogP contribution >= 0.6 is 0 Å². The third-order valence-electron chi connectivity index (χ3n) is 4.88. The molecule has 1 saturated heterocycles. The zero-order chi connectivity index (χ0) is 20.2. The molecule has 7 nitrogen and oxygen atoms in total. The normalized spacial score (nSPS) is 16.1. The molecule has 1 unspecified atom stereocenters. The summed E-state index contributed by atoms with van der Waals surface area (Å²) in [6.45, 7) is 3.06. The Morgan fingerprint density at radius 3 is 2.83 bits per heavy atom. The Labute approximate surface area is 167 Å². The number of H-pyrrole nitrogens is 1. The molecule has 7 heteroatoms. The van der Waals surface area contributed by atoms with Crippen molar-refractivity contribution in [2.45, 2.75) is 32.5 Å². The number of aryl methyl sites for hydroxylation is 1. The van der Waals surface area contributed by atoms with Crippen molar-refractivity contribution in [2.75, 3.05) is 13.2 Å². The van der Waals surface area contributed by atoms with Crippen LogP contribution in [0.25, 0.3) is 10.9 Å². The van der Waals surface area contributed by atoms with Crippen molar-refractivity contribution in [3.8, 4) is 5.75 Å². The lowest BCUT2D eigenvalue weighted by Gasteiger charge is -2.11. The summed E-state index contributed by atoms with van der Waals surface area (Å²) >= 11 is 0. The molecule has 1 atom stereocenters. The average molecular weight is 394 g/mol. The zero-order valence-electron chi connectivity index (χ0n) is 16.1. The maximum absolute atomic E-state index is 12.3. The van der Waals surface area contributed by atoms with Crippen molar-refractivity contribution < 1.29 is 19.0 Å². The minimum atomic E-state index is -0.497. The minimum absolute atomic E-state index is 0.115. The standard InChI is InChI=1S/C22H22N2O5/c1-14-4-2-6-18-20(14)23-19(24-21(18)25)13-29-22(26)15-7-9-16(10-8-15)28-12-17-5-3-11-27-17/h2,4,6-10,17H,3,5,11-13H2,1H3,(H,23,24,25). The molecule has 1 aliphatic rings. The van der Waals surface area contributed by atoms with E-state index in [1.54, 1.807) is 30.3 Å². The highest BCUT2D eigenvalue weighted by atomic mass is 16.5. The molecule has 3 aromatic rings. The van der Waals surface area contributed by atoms with E-state index in [1.807, 2.05) is 19.1 Å². The number of nitrogens with one attached hydrogen (secondary N) is 1. The van der Waals surface area contributed by atoms with E-state index < -0.39 is 5.97 Å². The average Bonchev–Trinajstić information content (AvgIpc) is 3.25. The lowest BCUT2D eigenvalue weighted by atomic mass is 10.1. The van der Waals surface area contributed by atoms with Crippen LogP contribution in [0.1, 0.15) is 34.6 Å². The van der Waals surface area contributed by atoms with E-state index in [9.17, 15) is 9.59 Å². The summed E-state index contributed by atoms with van der Waals surface area (Å²) in [6.07, 6.45) is 2.21. The van der Waals surface area contributed by atoms with Gasteiger partial charge in [0.15, 0.2) is 0 Å². The number of hydrogen-bond donors (Lipinski definition) is 1. The maximum atomic E-state index is 12.3. The summed E-state index contributed by atoms with van der Waals surface area (Å²) in [5.41, 5.74) is 1.64. The van der Waals surface area contributed by atoms with Crippen LogP contribution < -0.4 is 10.3 Å². The van der Waals surface area contributed by atoms with Crippen LogP contribution in [0, 0.1) is 6.92 Å². The Morgan fingerprint density at radius 1 is 1.24 bits per heavy atom. The molecule has 29 heavy (non-hydrogen) atoms. The second-order valence-electron chi connectivity index (χ2n) is 7.03. The van der Waals surface area contributed by atoms with E-state index in [1.165, 1.54) is 0 Å². The molecule has 2 heterocycles. The van der Waals surface area contributed by atoms with Crippen LogP contribution in [0.4, 0.5) is 0 Å². The number of esters is 1. The van der Waals surface area contributed by atoms with Crippen molar-refractivity contribution in [3.63, 3.8) is 0 Å². The van der Waals surface area contributed by atoms with Gasteiger partial charge in [-0.1, -0.05) is 12.1 Å². The minimum Gasteiger partial charge on any atom is -0.491 e. The van der Waals surface area contributed by atoms with E-state index in [4.69, 9.17) is 14.2 Å². The fourth-order valence-corrected chi connectivity index (χ4v) is 3.29. The third-order valence-corrected chi connectivity index (χ3v) is 4.88. The Hall–Kier alpha value is -3.19. The number of carbonyl (C=O) groups is 1. The number of fused-ring (bicyclic) bond motifs is 1. The number of benzene rings is 2. The number of carbonyl (C=O) groups excluding carboxylic acids is 1. The number of para-hydroxylation sites is 1. The van der Waals surface area contributed by atoms with E-state index in [0.717, 1.165) is 25.0 Å². The highest BCUT2D eigenvalue weighted by Crippen LogP contribution is 2.17. The maximum Gasteiger partial charge on any atom is 0.338 e. The van der Waals surface area contributed by atoms with Gasteiger partial charge < -0.3 is 19.2 Å². The van der Waals surface area contributed by atoms with Gasteiger partial charge in [0, 0.05) is 6.61 Å². The summed E-state index contributed by atoms with van der Waals surface area (Å²) in [6, 6.07) is 12.2. The molecule has 0 amide bonds. The predicted molar refractivity (Wildman–Crippen MR) is 107 cm³/mol. The fourth-order valence-electron chi connectivity index (χ4n) is 3.29. The van der Waals surface area contributed by atoms with Gasteiger partial charge in [0.05, 0.1) is 22.6 Å². The molecule has 0 aliphatic carbocycles. The number of ether oxygens (including phenoxy) is 3. The van der Waals surface area contributed by atoms with Crippen LogP contribution in [0.3, 0.4) is 0 Å². The number of rotatable bonds is 6. The monoisotopic (exact) mass is 394 g/mol. The summed E-state index contributed by atoms with van der Waals surface area (Å²) in [5.74, 6) is 0.484. The molecule has 0 saturated carbocycles. The molecule has 150 valence electrons. The van der Waals surface area contributed by atoms with E-state index >= 15 is 0 Å². The SMILES string of the molecule is Cc1cccc2c(=O)[nH]c(COC(=O)c3ccc(OCC4CCCO4)cc3)nc12. The summed E-state index contributed by atoms with van der Waals surface area (Å²) in [4.78, 5) is 31.6. The smallest absolute Gasteiger partial charge is 0.338 e. The summed E-state index contributed by atoms with van der Waals surface area (Å²) < 4.78 is 16.5. The number of aromatic amines is 1. The molecule has 1 aromatic heterocycles. The number of nitrogens with zero attached hydrogens (tertiary/aromatic N) is 1. The van der Waals surface area contributed by atoms with Crippen LogP contribution in [0.15, 0.2) is 47.3 Å². The van der Waals surface area contributed by atoms with Crippen molar-refractivity contribution in [1.29, 1.82) is 0 Å². The fraction of sp³-hybridized carbons (Fsp3) is 0.318. The molecule has 0 spiro atoms. The molecule has 0 radical (unpaired) electrons. The van der Waals surface area contributed by atoms with E-state index in [-0.39, 0.29) is 18.3 Å². The molecular formula is C22H22N2O5. The first-order chi connectivity index (χ1) is 14.1.